The fourth-order valence-electron chi connectivity index (χ4n) is 0.781. The third kappa shape index (κ3) is 7.57. The molecule has 0 rings (SSSR count). The first-order valence-corrected chi connectivity index (χ1v) is 6.38. The summed E-state index contributed by atoms with van der Waals surface area (Å²) in [4.78, 5) is 10.2. The fourth-order valence-corrected chi connectivity index (χ4v) is 1.82. The van der Waals surface area contributed by atoms with Crippen LogP contribution in [0.3, 0.4) is 0 Å². The van der Waals surface area contributed by atoms with E-state index in [1.54, 1.807) is 0 Å². The summed E-state index contributed by atoms with van der Waals surface area (Å²) in [6.45, 7) is 3.89. The summed E-state index contributed by atoms with van der Waals surface area (Å²) in [7, 11) is -3.60. The summed E-state index contributed by atoms with van der Waals surface area (Å²) in [5, 5.41) is 17.2. The van der Waals surface area contributed by atoms with Crippen LogP contribution in [0.5, 0.6) is 0 Å². The molecule has 0 saturated carbocycles. The van der Waals surface area contributed by atoms with Gasteiger partial charge in [0.15, 0.2) is 6.10 Å². The molecule has 0 aliphatic carbocycles. The van der Waals surface area contributed by atoms with E-state index in [1.807, 2.05) is 13.8 Å². The Bertz CT molecular complexity index is 314. The van der Waals surface area contributed by atoms with Crippen LogP contribution in [0, 0.1) is 5.92 Å². The fraction of sp³-hybridized carbons (Fsp3) is 0.875. The molecule has 1 atom stereocenters. The smallest absolute Gasteiger partial charge is 0.332 e. The molecule has 0 fully saturated rings. The zero-order valence-corrected chi connectivity index (χ0v) is 10.1. The normalized spacial score (nSPS) is 14.0. The van der Waals surface area contributed by atoms with Gasteiger partial charge in [-0.25, -0.2) is 14.2 Å². The molecule has 8 heteroatoms. The van der Waals surface area contributed by atoms with Crippen molar-refractivity contribution in [1.82, 2.24) is 9.44 Å². The molecule has 0 aliphatic rings. The number of aliphatic carboxylic acids is 1. The predicted molar refractivity (Wildman–Crippen MR) is 58.0 cm³/mol. The maximum absolute atomic E-state index is 11.2. The minimum Gasteiger partial charge on any atom is -0.479 e. The van der Waals surface area contributed by atoms with Gasteiger partial charge in [0.2, 0.25) is 0 Å². The van der Waals surface area contributed by atoms with E-state index in [4.69, 9.17) is 10.2 Å². The summed E-state index contributed by atoms with van der Waals surface area (Å²) in [6.07, 6.45) is -1.72. The number of hydrogen-bond acceptors (Lipinski definition) is 4. The van der Waals surface area contributed by atoms with Crippen molar-refractivity contribution in [3.63, 3.8) is 0 Å². The summed E-state index contributed by atoms with van der Waals surface area (Å²) in [5.41, 5.74) is 0. The van der Waals surface area contributed by atoms with Crippen molar-refractivity contribution in [2.75, 3.05) is 13.1 Å². The lowest BCUT2D eigenvalue weighted by Crippen LogP contribution is -2.40. The van der Waals surface area contributed by atoms with Gasteiger partial charge in [-0.2, -0.15) is 8.42 Å². The summed E-state index contributed by atoms with van der Waals surface area (Å²) in [6, 6.07) is 0. The van der Waals surface area contributed by atoms with Gasteiger partial charge in [0, 0.05) is 13.1 Å². The molecule has 4 N–H and O–H groups in total. The van der Waals surface area contributed by atoms with E-state index in [-0.39, 0.29) is 18.9 Å². The van der Waals surface area contributed by atoms with Crippen LogP contribution in [0.4, 0.5) is 0 Å². The predicted octanol–water partition coefficient (Wildman–Crippen LogP) is -1.10. The number of carboxylic acids is 1. The quantitative estimate of drug-likeness (QED) is 0.439. The first kappa shape index (κ1) is 15.3. The summed E-state index contributed by atoms with van der Waals surface area (Å²) < 4.78 is 26.9. The lowest BCUT2D eigenvalue weighted by molar-refractivity contribution is -0.146. The maximum Gasteiger partial charge on any atom is 0.332 e. The Balaban J connectivity index is 3.87. The minimum absolute atomic E-state index is 0.124. The van der Waals surface area contributed by atoms with Crippen LogP contribution in [0.15, 0.2) is 0 Å². The van der Waals surface area contributed by atoms with Gasteiger partial charge in [-0.1, -0.05) is 13.8 Å². The van der Waals surface area contributed by atoms with Crippen molar-refractivity contribution in [2.24, 2.45) is 5.92 Å². The minimum atomic E-state index is -3.60. The van der Waals surface area contributed by atoms with E-state index in [1.165, 1.54) is 0 Å². The Kier molecular flexibility index (Phi) is 6.49. The van der Waals surface area contributed by atoms with E-state index in [0.717, 1.165) is 0 Å². The van der Waals surface area contributed by atoms with Crippen LogP contribution < -0.4 is 9.44 Å². The van der Waals surface area contributed by atoms with Crippen molar-refractivity contribution in [1.29, 1.82) is 0 Å². The molecule has 0 bridgehead atoms. The van der Waals surface area contributed by atoms with Crippen LogP contribution in [0.1, 0.15) is 20.3 Å². The maximum atomic E-state index is 11.2. The van der Waals surface area contributed by atoms with Crippen LogP contribution in [0.25, 0.3) is 0 Å². The van der Waals surface area contributed by atoms with Crippen LogP contribution in [-0.2, 0) is 15.0 Å². The van der Waals surface area contributed by atoms with E-state index in [2.05, 4.69) is 9.44 Å². The number of hydrogen-bond donors (Lipinski definition) is 4. The van der Waals surface area contributed by atoms with E-state index in [9.17, 15) is 13.2 Å². The molecule has 0 aliphatic heterocycles. The third-order valence-corrected chi connectivity index (χ3v) is 2.81. The van der Waals surface area contributed by atoms with Gasteiger partial charge in [-0.3, -0.25) is 0 Å². The van der Waals surface area contributed by atoms with Crippen LogP contribution in [0.2, 0.25) is 0 Å². The van der Waals surface area contributed by atoms with E-state index >= 15 is 0 Å². The number of carboxylic acid groups (broad SMARTS) is 1. The van der Waals surface area contributed by atoms with Gasteiger partial charge in [0.25, 0.3) is 10.2 Å². The average Bonchev–Trinajstić information content (AvgIpc) is 2.14. The molecule has 0 spiro atoms. The SMILES string of the molecule is CC(C)CNS(=O)(=O)NCCC(O)C(=O)O. The van der Waals surface area contributed by atoms with Gasteiger partial charge in [0.05, 0.1) is 0 Å². The molecule has 0 heterocycles. The Morgan fingerprint density at radius 2 is 1.88 bits per heavy atom. The zero-order valence-electron chi connectivity index (χ0n) is 9.30. The van der Waals surface area contributed by atoms with Gasteiger partial charge in [-0.15, -0.1) is 0 Å². The van der Waals surface area contributed by atoms with Gasteiger partial charge in [0.1, 0.15) is 0 Å². The molecular formula is C8H18N2O5S. The Morgan fingerprint density at radius 3 is 2.31 bits per heavy atom. The number of carbonyl (C=O) groups is 1. The van der Waals surface area contributed by atoms with Gasteiger partial charge < -0.3 is 10.2 Å². The molecule has 0 aromatic carbocycles. The number of aliphatic hydroxyl groups excluding tert-OH is 1. The second kappa shape index (κ2) is 6.79. The number of aliphatic hydroxyl groups is 1. The molecule has 0 aromatic rings. The molecular weight excluding hydrogens is 236 g/mol. The number of nitrogens with one attached hydrogen (secondary N) is 2. The molecule has 0 amide bonds. The van der Waals surface area contributed by atoms with Crippen molar-refractivity contribution < 1.29 is 23.4 Å². The second-order valence-electron chi connectivity index (χ2n) is 3.78. The standard InChI is InChI=1S/C8H18N2O5S/c1-6(2)5-10-16(14,15)9-4-3-7(11)8(12)13/h6-7,9-11H,3-5H2,1-2H3,(H,12,13). The van der Waals surface area contributed by atoms with E-state index < -0.39 is 22.3 Å². The highest BCUT2D eigenvalue weighted by molar-refractivity contribution is 7.87. The molecule has 0 aromatic heterocycles. The molecule has 1 unspecified atom stereocenters. The molecule has 0 radical (unpaired) electrons. The Morgan fingerprint density at radius 1 is 1.31 bits per heavy atom. The molecule has 0 saturated heterocycles. The monoisotopic (exact) mass is 254 g/mol. The largest absolute Gasteiger partial charge is 0.479 e. The van der Waals surface area contributed by atoms with Crippen molar-refractivity contribution in [2.45, 2.75) is 26.4 Å². The van der Waals surface area contributed by atoms with Crippen molar-refractivity contribution >= 4 is 16.2 Å². The highest BCUT2D eigenvalue weighted by Gasteiger charge is 2.15. The Hall–Kier alpha value is -0.700. The third-order valence-electron chi connectivity index (χ3n) is 1.68. The molecule has 16 heavy (non-hydrogen) atoms. The topological polar surface area (TPSA) is 116 Å². The van der Waals surface area contributed by atoms with Gasteiger partial charge in [-0.05, 0) is 12.3 Å². The summed E-state index contributed by atoms with van der Waals surface area (Å²) in [5.74, 6) is -1.18. The highest BCUT2D eigenvalue weighted by Crippen LogP contribution is 1.92. The van der Waals surface area contributed by atoms with Crippen LogP contribution >= 0.6 is 0 Å². The van der Waals surface area contributed by atoms with Crippen molar-refractivity contribution in [3.05, 3.63) is 0 Å². The molecule has 7 nitrogen and oxygen atoms in total. The average molecular weight is 254 g/mol. The van der Waals surface area contributed by atoms with Crippen LogP contribution in [-0.4, -0.2) is 43.8 Å². The zero-order chi connectivity index (χ0) is 12.8. The van der Waals surface area contributed by atoms with Gasteiger partial charge >= 0.3 is 5.97 Å². The highest BCUT2D eigenvalue weighted by atomic mass is 32.2. The number of rotatable bonds is 8. The van der Waals surface area contributed by atoms with Crippen molar-refractivity contribution in [3.8, 4) is 0 Å². The molecule has 96 valence electrons. The second-order valence-corrected chi connectivity index (χ2v) is 5.37. The summed E-state index contributed by atoms with van der Waals surface area (Å²) >= 11 is 0. The lowest BCUT2D eigenvalue weighted by Gasteiger charge is -2.10. The first-order chi connectivity index (χ1) is 7.24. The van der Waals surface area contributed by atoms with E-state index in [0.29, 0.717) is 6.54 Å². The Labute approximate surface area is 95.0 Å². The first-order valence-electron chi connectivity index (χ1n) is 4.89. The lowest BCUT2D eigenvalue weighted by atomic mass is 10.2.